The molecule has 0 saturated heterocycles. The Morgan fingerprint density at radius 3 is 2.64 bits per heavy atom. The van der Waals surface area contributed by atoms with E-state index in [1.165, 1.54) is 11.1 Å². The van der Waals surface area contributed by atoms with E-state index in [0.29, 0.717) is 0 Å². The van der Waals surface area contributed by atoms with E-state index in [4.69, 9.17) is 0 Å². The van der Waals surface area contributed by atoms with Crippen molar-refractivity contribution >= 4 is 0 Å². The summed E-state index contributed by atoms with van der Waals surface area (Å²) >= 11 is 0. The van der Waals surface area contributed by atoms with Crippen LogP contribution < -0.4 is 5.32 Å². The SMILES string of the molecule is CNCCC#Cc1ccc(C)c(C)c1. The van der Waals surface area contributed by atoms with Crippen molar-refractivity contribution in [3.8, 4) is 11.8 Å². The number of nitrogens with one attached hydrogen (secondary N) is 1. The molecule has 1 aromatic rings. The maximum absolute atomic E-state index is 3.16. The molecule has 1 aromatic carbocycles. The summed E-state index contributed by atoms with van der Waals surface area (Å²) in [5.41, 5.74) is 3.75. The molecule has 1 rings (SSSR count). The third-order valence-electron chi connectivity index (χ3n) is 2.24. The van der Waals surface area contributed by atoms with Gasteiger partial charge in [0.2, 0.25) is 0 Å². The van der Waals surface area contributed by atoms with E-state index < -0.39 is 0 Å². The fourth-order valence-electron chi connectivity index (χ4n) is 1.17. The summed E-state index contributed by atoms with van der Waals surface area (Å²) in [6.45, 7) is 5.19. The molecule has 0 heterocycles. The van der Waals surface area contributed by atoms with Crippen molar-refractivity contribution in [2.75, 3.05) is 13.6 Å². The molecule has 0 fully saturated rings. The van der Waals surface area contributed by atoms with Gasteiger partial charge in [0.1, 0.15) is 0 Å². The monoisotopic (exact) mass is 187 g/mol. The van der Waals surface area contributed by atoms with Crippen molar-refractivity contribution in [1.29, 1.82) is 0 Å². The van der Waals surface area contributed by atoms with Gasteiger partial charge in [-0.15, -0.1) is 0 Å². The fraction of sp³-hybridized carbons (Fsp3) is 0.385. The molecule has 0 saturated carbocycles. The first-order chi connectivity index (χ1) is 6.74. The first-order valence-electron chi connectivity index (χ1n) is 4.95. The Morgan fingerprint density at radius 2 is 2.00 bits per heavy atom. The minimum absolute atomic E-state index is 0.906. The largest absolute Gasteiger partial charge is 0.319 e. The normalized spacial score (nSPS) is 9.36. The Bertz CT molecular complexity index is 355. The predicted octanol–water partition coefficient (Wildman–Crippen LogP) is 2.26. The molecule has 0 spiro atoms. The van der Waals surface area contributed by atoms with Crippen molar-refractivity contribution in [3.05, 3.63) is 34.9 Å². The molecule has 1 N–H and O–H groups in total. The lowest BCUT2D eigenvalue weighted by Crippen LogP contribution is -2.05. The van der Waals surface area contributed by atoms with Crippen LogP contribution in [-0.4, -0.2) is 13.6 Å². The molecular formula is C13H17N. The Balaban J connectivity index is 2.66. The van der Waals surface area contributed by atoms with Crippen LogP contribution in [0.3, 0.4) is 0 Å². The Kier molecular flexibility index (Phi) is 4.22. The number of aryl methyl sites for hydroxylation is 2. The summed E-state index contributed by atoms with van der Waals surface area (Å²) in [5.74, 6) is 6.29. The van der Waals surface area contributed by atoms with Gasteiger partial charge in [0, 0.05) is 18.5 Å². The quantitative estimate of drug-likeness (QED) is 0.553. The average molecular weight is 187 g/mol. The number of hydrogen-bond donors (Lipinski definition) is 1. The molecule has 0 aliphatic carbocycles. The van der Waals surface area contributed by atoms with Crippen LogP contribution in [0, 0.1) is 25.7 Å². The van der Waals surface area contributed by atoms with E-state index in [0.717, 1.165) is 18.5 Å². The molecule has 0 atom stereocenters. The molecule has 0 unspecified atom stereocenters. The molecular weight excluding hydrogens is 170 g/mol. The van der Waals surface area contributed by atoms with Gasteiger partial charge >= 0.3 is 0 Å². The van der Waals surface area contributed by atoms with E-state index in [-0.39, 0.29) is 0 Å². The van der Waals surface area contributed by atoms with Gasteiger partial charge in [-0.25, -0.2) is 0 Å². The van der Waals surface area contributed by atoms with Gasteiger partial charge in [0.25, 0.3) is 0 Å². The lowest BCUT2D eigenvalue weighted by Gasteiger charge is -1.98. The fourth-order valence-corrected chi connectivity index (χ4v) is 1.17. The Morgan fingerprint density at radius 1 is 1.21 bits per heavy atom. The van der Waals surface area contributed by atoms with E-state index >= 15 is 0 Å². The first-order valence-corrected chi connectivity index (χ1v) is 4.95. The summed E-state index contributed by atoms with van der Waals surface area (Å²) < 4.78 is 0. The van der Waals surface area contributed by atoms with E-state index in [1.807, 2.05) is 7.05 Å². The van der Waals surface area contributed by atoms with Crippen LogP contribution in [0.4, 0.5) is 0 Å². The maximum atomic E-state index is 3.16. The highest BCUT2D eigenvalue weighted by Gasteiger charge is 1.92. The number of rotatable bonds is 2. The highest BCUT2D eigenvalue weighted by Crippen LogP contribution is 2.08. The van der Waals surface area contributed by atoms with Crippen LogP contribution in [0.2, 0.25) is 0 Å². The van der Waals surface area contributed by atoms with Crippen LogP contribution >= 0.6 is 0 Å². The third-order valence-corrected chi connectivity index (χ3v) is 2.24. The summed E-state index contributed by atoms with van der Waals surface area (Å²) in [6, 6.07) is 6.34. The van der Waals surface area contributed by atoms with Crippen molar-refractivity contribution in [1.82, 2.24) is 5.32 Å². The molecule has 1 nitrogen and oxygen atoms in total. The minimum atomic E-state index is 0.906. The van der Waals surface area contributed by atoms with Gasteiger partial charge in [-0.3, -0.25) is 0 Å². The van der Waals surface area contributed by atoms with Crippen molar-refractivity contribution in [3.63, 3.8) is 0 Å². The predicted molar refractivity (Wildman–Crippen MR) is 61.3 cm³/mol. The number of hydrogen-bond acceptors (Lipinski definition) is 1. The van der Waals surface area contributed by atoms with Gasteiger partial charge in [-0.1, -0.05) is 17.9 Å². The highest BCUT2D eigenvalue weighted by atomic mass is 14.8. The summed E-state index contributed by atoms with van der Waals surface area (Å²) in [7, 11) is 1.94. The van der Waals surface area contributed by atoms with Gasteiger partial charge in [-0.05, 0) is 44.2 Å². The van der Waals surface area contributed by atoms with Crippen molar-refractivity contribution in [2.45, 2.75) is 20.3 Å². The topological polar surface area (TPSA) is 12.0 Å². The van der Waals surface area contributed by atoms with Crippen molar-refractivity contribution in [2.24, 2.45) is 0 Å². The number of benzene rings is 1. The zero-order valence-corrected chi connectivity index (χ0v) is 9.15. The molecule has 14 heavy (non-hydrogen) atoms. The van der Waals surface area contributed by atoms with Crippen LogP contribution in [-0.2, 0) is 0 Å². The highest BCUT2D eigenvalue weighted by molar-refractivity contribution is 5.39. The Hall–Kier alpha value is -1.26. The average Bonchev–Trinajstić information content (AvgIpc) is 2.18. The summed E-state index contributed by atoms with van der Waals surface area (Å²) in [5, 5.41) is 3.07. The van der Waals surface area contributed by atoms with E-state index in [2.05, 4.69) is 49.2 Å². The van der Waals surface area contributed by atoms with Crippen LogP contribution in [0.25, 0.3) is 0 Å². The molecule has 0 aliphatic heterocycles. The zero-order chi connectivity index (χ0) is 10.4. The lowest BCUT2D eigenvalue weighted by molar-refractivity contribution is 0.818. The van der Waals surface area contributed by atoms with E-state index in [9.17, 15) is 0 Å². The molecule has 0 aromatic heterocycles. The molecule has 0 amide bonds. The minimum Gasteiger partial charge on any atom is -0.319 e. The van der Waals surface area contributed by atoms with Crippen LogP contribution in [0.15, 0.2) is 18.2 Å². The summed E-state index contributed by atoms with van der Waals surface area (Å²) in [4.78, 5) is 0. The maximum Gasteiger partial charge on any atom is 0.0248 e. The molecule has 0 aliphatic rings. The molecule has 1 heteroatoms. The van der Waals surface area contributed by atoms with Crippen LogP contribution in [0.1, 0.15) is 23.1 Å². The van der Waals surface area contributed by atoms with Gasteiger partial charge < -0.3 is 5.32 Å². The molecule has 0 bridgehead atoms. The van der Waals surface area contributed by atoms with E-state index in [1.54, 1.807) is 0 Å². The standard InChI is InChI=1S/C13H17N/c1-11-7-8-13(10-12(11)2)6-4-5-9-14-3/h7-8,10,14H,5,9H2,1-3H3. The second-order valence-corrected chi connectivity index (χ2v) is 3.45. The smallest absolute Gasteiger partial charge is 0.0248 e. The zero-order valence-electron chi connectivity index (χ0n) is 9.15. The molecule has 0 radical (unpaired) electrons. The molecule has 74 valence electrons. The first kappa shape index (κ1) is 10.8. The van der Waals surface area contributed by atoms with Crippen molar-refractivity contribution < 1.29 is 0 Å². The summed E-state index contributed by atoms with van der Waals surface area (Å²) in [6.07, 6.45) is 0.906. The third kappa shape index (κ3) is 3.24. The second-order valence-electron chi connectivity index (χ2n) is 3.45. The van der Waals surface area contributed by atoms with Gasteiger partial charge in [0.15, 0.2) is 0 Å². The Labute approximate surface area is 86.5 Å². The van der Waals surface area contributed by atoms with Gasteiger partial charge in [0.05, 0.1) is 0 Å². The van der Waals surface area contributed by atoms with Gasteiger partial charge in [-0.2, -0.15) is 0 Å². The second kappa shape index (κ2) is 5.47. The lowest BCUT2D eigenvalue weighted by atomic mass is 10.1. The van der Waals surface area contributed by atoms with Crippen LogP contribution in [0.5, 0.6) is 0 Å².